The third-order valence-electron chi connectivity index (χ3n) is 3.86. The van der Waals surface area contributed by atoms with Gasteiger partial charge in [-0.2, -0.15) is 0 Å². The molecular weight excluding hydrogens is 439 g/mol. The third-order valence-corrected chi connectivity index (χ3v) is 8.44. The van der Waals surface area contributed by atoms with E-state index in [0.717, 1.165) is 9.13 Å². The Morgan fingerprint density at radius 1 is 0.808 bits per heavy atom. The number of ketones is 1. The average Bonchev–Trinajstić information content (AvgIpc) is 3.04. The number of halogens is 1. The van der Waals surface area contributed by atoms with E-state index in [-0.39, 0.29) is 11.8 Å². The summed E-state index contributed by atoms with van der Waals surface area (Å²) < 4.78 is 7.03. The molecule has 0 N–H and O–H groups in total. The average molecular weight is 453 g/mol. The van der Waals surface area contributed by atoms with Crippen molar-refractivity contribution in [2.24, 2.45) is 0 Å². The molecule has 127 valence electrons. The van der Waals surface area contributed by atoms with Crippen LogP contribution in [0, 0.1) is 9.65 Å². The number of hydrogen-bond donors (Lipinski definition) is 0. The molecule has 0 aromatic heterocycles. The van der Waals surface area contributed by atoms with Gasteiger partial charge in [0.15, 0.2) is 0 Å². The van der Waals surface area contributed by atoms with Crippen molar-refractivity contribution in [2.45, 2.75) is 0 Å². The van der Waals surface area contributed by atoms with Crippen molar-refractivity contribution >= 4 is 32.0 Å². The Morgan fingerprint density at radius 2 is 1.42 bits per heavy atom. The summed E-state index contributed by atoms with van der Waals surface area (Å²) in [4.78, 5) is 25.5. The Hall–Kier alpha value is -2.73. The van der Waals surface area contributed by atoms with Gasteiger partial charge in [-0.25, -0.2) is 0 Å². The van der Waals surface area contributed by atoms with Crippen LogP contribution in [0.25, 0.3) is 0 Å². The molecule has 0 amide bonds. The molecule has 1 aliphatic rings. The van der Waals surface area contributed by atoms with Crippen LogP contribution in [0.3, 0.4) is 0 Å². The zero-order chi connectivity index (χ0) is 17.9. The molecule has 0 unspecified atom stereocenters. The van der Waals surface area contributed by atoms with Crippen molar-refractivity contribution in [1.29, 1.82) is 0 Å². The summed E-state index contributed by atoms with van der Waals surface area (Å²) in [5.74, 6) is -0.483. The van der Waals surface area contributed by atoms with Crippen LogP contribution in [0.15, 0.2) is 88.5 Å². The normalized spacial score (nSPS) is 14.7. The Labute approximate surface area is 159 Å². The summed E-state index contributed by atoms with van der Waals surface area (Å²) in [6.45, 7) is 0. The van der Waals surface area contributed by atoms with Gasteiger partial charge in [-0.05, 0) is 0 Å². The van der Waals surface area contributed by atoms with Crippen molar-refractivity contribution in [3.05, 3.63) is 115 Å². The zero-order valence-corrected chi connectivity index (χ0v) is 15.8. The van der Waals surface area contributed by atoms with Crippen LogP contribution in [0.5, 0.6) is 0 Å². The molecule has 4 heteroatoms. The van der Waals surface area contributed by atoms with Crippen LogP contribution in [0.2, 0.25) is 0 Å². The molecule has 1 radical (unpaired) electrons. The molecule has 0 saturated heterocycles. The van der Waals surface area contributed by atoms with E-state index in [1.54, 1.807) is 18.2 Å². The van der Waals surface area contributed by atoms with E-state index in [4.69, 9.17) is 3.07 Å². The van der Waals surface area contributed by atoms with E-state index in [1.807, 2.05) is 66.7 Å². The number of fused-ring (bicyclic) bond motifs is 1. The molecule has 0 aliphatic carbocycles. The molecular formula is C22H14IO3. The first kappa shape index (κ1) is 16.7. The predicted octanol–water partition coefficient (Wildman–Crippen LogP) is 5.07. The number of Topliss-reactive ketones (excluding diaryl/α,β-unsaturated/α-hetero) is 1. The molecule has 0 saturated carbocycles. The molecule has 4 rings (SSSR count). The summed E-state index contributed by atoms with van der Waals surface area (Å²) >= 11 is -2.66. The van der Waals surface area contributed by atoms with E-state index in [1.165, 1.54) is 0 Å². The van der Waals surface area contributed by atoms with Crippen LogP contribution in [0.4, 0.5) is 0 Å². The Kier molecular flexibility index (Phi) is 4.67. The second-order valence-corrected chi connectivity index (χ2v) is 9.69. The van der Waals surface area contributed by atoms with Crippen molar-refractivity contribution in [2.75, 3.05) is 0 Å². The second-order valence-electron chi connectivity index (χ2n) is 5.59. The standard InChI is InChI=1S/C22H14IO3/c24-21(17-11-5-2-6-12-17)20(15-16-9-3-1-4-10-16)23-19-14-8-7-13-18(19)22(25)26-23/h1-14H. The fourth-order valence-corrected chi connectivity index (χ4v) is 7.06. The second kappa shape index (κ2) is 7.25. The van der Waals surface area contributed by atoms with Gasteiger partial charge < -0.3 is 0 Å². The SMILES string of the molecule is O=C(C(=[C]c1ccccc1)I1OC(=O)c2ccccc21)c1ccccc1. The molecule has 3 aromatic carbocycles. The van der Waals surface area contributed by atoms with E-state index in [0.29, 0.717) is 14.7 Å². The molecule has 0 spiro atoms. The molecule has 3 nitrogen and oxygen atoms in total. The van der Waals surface area contributed by atoms with Gasteiger partial charge in [-0.15, -0.1) is 0 Å². The van der Waals surface area contributed by atoms with Crippen molar-refractivity contribution in [3.63, 3.8) is 0 Å². The van der Waals surface area contributed by atoms with Crippen molar-refractivity contribution in [3.8, 4) is 0 Å². The number of hydrogen-bond acceptors (Lipinski definition) is 3. The predicted molar refractivity (Wildman–Crippen MR) is 108 cm³/mol. The number of carbonyl (C=O) groups excluding carboxylic acids is 2. The molecule has 0 fully saturated rings. The van der Waals surface area contributed by atoms with Gasteiger partial charge in [0.05, 0.1) is 0 Å². The van der Waals surface area contributed by atoms with Crippen molar-refractivity contribution < 1.29 is 12.7 Å². The first-order valence-electron chi connectivity index (χ1n) is 8.04. The van der Waals surface area contributed by atoms with Gasteiger partial charge in [-0.1, -0.05) is 0 Å². The third kappa shape index (κ3) is 3.20. The van der Waals surface area contributed by atoms with Crippen LogP contribution >= 0.6 is 20.2 Å². The van der Waals surface area contributed by atoms with Gasteiger partial charge in [0.25, 0.3) is 0 Å². The first-order valence-corrected chi connectivity index (χ1v) is 11.1. The van der Waals surface area contributed by atoms with E-state index >= 15 is 0 Å². The van der Waals surface area contributed by atoms with Crippen LogP contribution in [0.1, 0.15) is 26.3 Å². The molecule has 0 atom stereocenters. The summed E-state index contributed by atoms with van der Waals surface area (Å²) in [6.07, 6.45) is 3.24. The number of benzene rings is 3. The van der Waals surface area contributed by atoms with Gasteiger partial charge in [0, 0.05) is 0 Å². The minimum atomic E-state index is -2.66. The summed E-state index contributed by atoms with van der Waals surface area (Å²) in [5.41, 5.74) is 1.93. The van der Waals surface area contributed by atoms with Crippen molar-refractivity contribution in [1.82, 2.24) is 0 Å². The monoisotopic (exact) mass is 453 g/mol. The maximum absolute atomic E-state index is 13.2. The van der Waals surface area contributed by atoms with Crippen LogP contribution in [-0.2, 0) is 3.07 Å². The molecule has 1 aliphatic heterocycles. The molecule has 3 aromatic rings. The van der Waals surface area contributed by atoms with Gasteiger partial charge >= 0.3 is 159 Å². The number of allylic oxidation sites excluding steroid dienone is 1. The van der Waals surface area contributed by atoms with Crippen LogP contribution < -0.4 is 0 Å². The maximum atomic E-state index is 13.2. The Bertz CT molecular complexity index is 994. The number of carbonyl (C=O) groups is 2. The summed E-state index contributed by atoms with van der Waals surface area (Å²) in [5, 5.41) is 0. The van der Waals surface area contributed by atoms with Gasteiger partial charge in [0.1, 0.15) is 0 Å². The van der Waals surface area contributed by atoms with Gasteiger partial charge in [-0.3, -0.25) is 0 Å². The fourth-order valence-electron chi connectivity index (χ4n) is 2.61. The quantitative estimate of drug-likeness (QED) is 0.315. The van der Waals surface area contributed by atoms with E-state index in [2.05, 4.69) is 6.08 Å². The topological polar surface area (TPSA) is 43.4 Å². The van der Waals surface area contributed by atoms with Crippen LogP contribution in [-0.4, -0.2) is 11.8 Å². The summed E-state index contributed by atoms with van der Waals surface area (Å²) in [7, 11) is 0. The van der Waals surface area contributed by atoms with E-state index in [9.17, 15) is 9.59 Å². The number of rotatable bonds is 4. The summed E-state index contributed by atoms with van der Waals surface area (Å²) in [6, 6.07) is 25.9. The Balaban J connectivity index is 1.84. The van der Waals surface area contributed by atoms with Gasteiger partial charge in [0.2, 0.25) is 0 Å². The fraction of sp³-hybridized carbons (Fsp3) is 0. The van der Waals surface area contributed by atoms with E-state index < -0.39 is 20.2 Å². The zero-order valence-electron chi connectivity index (χ0n) is 13.7. The minimum absolute atomic E-state index is 0.135. The molecule has 0 bridgehead atoms. The molecule has 26 heavy (non-hydrogen) atoms. The Morgan fingerprint density at radius 3 is 2.15 bits per heavy atom. The first-order chi connectivity index (χ1) is 12.7. The molecule has 1 heterocycles.